The fourth-order valence-electron chi connectivity index (χ4n) is 2.45. The zero-order valence-electron chi connectivity index (χ0n) is 12.0. The summed E-state index contributed by atoms with van der Waals surface area (Å²) in [6, 6.07) is -0.313. The molecule has 1 atom stereocenters. The van der Waals surface area contributed by atoms with Gasteiger partial charge in [-0.25, -0.2) is 4.98 Å². The van der Waals surface area contributed by atoms with Crippen LogP contribution in [0.2, 0.25) is 0 Å². The molecule has 0 saturated carbocycles. The van der Waals surface area contributed by atoms with Gasteiger partial charge in [-0.3, -0.25) is 9.59 Å². The maximum Gasteiger partial charge on any atom is 0.243 e. The first kappa shape index (κ1) is 15.0. The number of aryl methyl sites for hydroxylation is 1. The normalized spacial score (nSPS) is 18.9. The van der Waals surface area contributed by atoms with Crippen molar-refractivity contribution in [1.29, 1.82) is 0 Å². The Morgan fingerprint density at radius 2 is 2.30 bits per heavy atom. The van der Waals surface area contributed by atoms with Crippen molar-refractivity contribution in [2.24, 2.45) is 0 Å². The number of rotatable bonds is 4. The maximum absolute atomic E-state index is 12.2. The summed E-state index contributed by atoms with van der Waals surface area (Å²) in [6.07, 6.45) is 5.55. The van der Waals surface area contributed by atoms with Crippen LogP contribution in [0.4, 0.5) is 0 Å². The van der Waals surface area contributed by atoms with E-state index in [0.717, 1.165) is 30.7 Å². The Balaban J connectivity index is 1.91. The van der Waals surface area contributed by atoms with Crippen LogP contribution in [0, 0.1) is 0 Å². The lowest BCUT2D eigenvalue weighted by molar-refractivity contribution is -0.140. The second-order valence-corrected chi connectivity index (χ2v) is 6.22. The van der Waals surface area contributed by atoms with Gasteiger partial charge in [0, 0.05) is 24.5 Å². The highest BCUT2D eigenvalue weighted by Crippen LogP contribution is 2.18. The van der Waals surface area contributed by atoms with Crippen molar-refractivity contribution in [3.63, 3.8) is 0 Å². The van der Waals surface area contributed by atoms with Crippen molar-refractivity contribution in [3.05, 3.63) is 16.1 Å². The number of amides is 2. The predicted octanol–water partition coefficient (Wildman–Crippen LogP) is 1.72. The molecule has 1 N–H and O–H groups in total. The molecule has 1 aromatic heterocycles. The Morgan fingerprint density at radius 3 is 2.95 bits per heavy atom. The number of carbonyl (C=O) groups excluding carboxylic acids is 2. The summed E-state index contributed by atoms with van der Waals surface area (Å²) in [5.74, 6) is -0.0829. The molecular formula is C14H21N3O2S. The third-order valence-electron chi connectivity index (χ3n) is 3.57. The van der Waals surface area contributed by atoms with Gasteiger partial charge in [0.25, 0.3) is 0 Å². The van der Waals surface area contributed by atoms with Crippen molar-refractivity contribution in [3.8, 4) is 0 Å². The molecule has 0 bridgehead atoms. The molecule has 1 saturated heterocycles. The Hall–Kier alpha value is -1.43. The van der Waals surface area contributed by atoms with Crippen LogP contribution in [0.15, 0.2) is 6.20 Å². The summed E-state index contributed by atoms with van der Waals surface area (Å²) in [6.45, 7) is 4.75. The van der Waals surface area contributed by atoms with E-state index in [2.05, 4.69) is 17.2 Å². The molecule has 2 rings (SSSR count). The molecule has 0 aliphatic carbocycles. The number of carbonyl (C=O) groups is 2. The second-order valence-electron chi connectivity index (χ2n) is 5.02. The molecule has 0 spiro atoms. The Morgan fingerprint density at radius 1 is 1.50 bits per heavy atom. The van der Waals surface area contributed by atoms with Gasteiger partial charge >= 0.3 is 0 Å². The molecule has 6 heteroatoms. The summed E-state index contributed by atoms with van der Waals surface area (Å²) >= 11 is 1.62. The van der Waals surface area contributed by atoms with Gasteiger partial charge in [0.05, 0.1) is 6.54 Å². The van der Waals surface area contributed by atoms with Crippen LogP contribution in [0.3, 0.4) is 0 Å². The molecule has 1 fully saturated rings. The summed E-state index contributed by atoms with van der Waals surface area (Å²) in [7, 11) is 0. The maximum atomic E-state index is 12.2. The lowest BCUT2D eigenvalue weighted by atomic mass is 10.0. The molecule has 1 unspecified atom stereocenters. The van der Waals surface area contributed by atoms with Gasteiger partial charge in [0.15, 0.2) is 0 Å². The minimum absolute atomic E-state index is 0.0210. The van der Waals surface area contributed by atoms with Crippen LogP contribution in [-0.2, 0) is 22.6 Å². The van der Waals surface area contributed by atoms with Crippen LogP contribution in [0.5, 0.6) is 0 Å². The number of nitrogens with one attached hydrogen (secondary N) is 1. The van der Waals surface area contributed by atoms with Crippen LogP contribution in [0.1, 0.15) is 43.0 Å². The fourth-order valence-corrected chi connectivity index (χ4v) is 3.26. The summed E-state index contributed by atoms with van der Waals surface area (Å²) in [5.41, 5.74) is 0. The molecule has 5 nitrogen and oxygen atoms in total. The van der Waals surface area contributed by atoms with E-state index in [0.29, 0.717) is 13.1 Å². The Labute approximate surface area is 123 Å². The average Bonchev–Trinajstić information content (AvgIpc) is 2.92. The molecule has 0 aromatic carbocycles. The van der Waals surface area contributed by atoms with E-state index >= 15 is 0 Å². The van der Waals surface area contributed by atoms with E-state index in [4.69, 9.17) is 0 Å². The second kappa shape index (κ2) is 6.83. The van der Waals surface area contributed by atoms with E-state index < -0.39 is 0 Å². The molecule has 110 valence electrons. The van der Waals surface area contributed by atoms with Gasteiger partial charge in [-0.05, 0) is 25.7 Å². The summed E-state index contributed by atoms with van der Waals surface area (Å²) in [4.78, 5) is 31.0. The highest BCUT2D eigenvalue weighted by molar-refractivity contribution is 7.11. The van der Waals surface area contributed by atoms with Crippen LogP contribution >= 0.6 is 11.3 Å². The third-order valence-corrected chi connectivity index (χ3v) is 4.72. The summed E-state index contributed by atoms with van der Waals surface area (Å²) in [5, 5.41) is 3.82. The minimum atomic E-state index is -0.313. The first-order valence-electron chi connectivity index (χ1n) is 7.10. The van der Waals surface area contributed by atoms with Gasteiger partial charge in [-0.15, -0.1) is 11.3 Å². The van der Waals surface area contributed by atoms with E-state index in [1.165, 1.54) is 11.8 Å². The van der Waals surface area contributed by atoms with Crippen molar-refractivity contribution < 1.29 is 9.59 Å². The number of aromatic nitrogens is 1. The molecule has 1 aromatic rings. The molecular weight excluding hydrogens is 274 g/mol. The molecule has 2 heterocycles. The average molecular weight is 295 g/mol. The van der Waals surface area contributed by atoms with Gasteiger partial charge in [0.2, 0.25) is 11.8 Å². The van der Waals surface area contributed by atoms with Gasteiger partial charge in [-0.1, -0.05) is 6.92 Å². The fraction of sp³-hybridized carbons (Fsp3) is 0.643. The van der Waals surface area contributed by atoms with Crippen LogP contribution in [0.25, 0.3) is 0 Å². The van der Waals surface area contributed by atoms with Crippen molar-refractivity contribution in [2.45, 2.75) is 52.1 Å². The predicted molar refractivity (Wildman–Crippen MR) is 78.4 cm³/mol. The Bertz CT molecular complexity index is 487. The summed E-state index contributed by atoms with van der Waals surface area (Å²) < 4.78 is 0. The van der Waals surface area contributed by atoms with E-state index in [9.17, 15) is 9.59 Å². The zero-order chi connectivity index (χ0) is 14.5. The molecule has 0 radical (unpaired) electrons. The third kappa shape index (κ3) is 3.56. The molecule has 2 amide bonds. The molecule has 1 aliphatic rings. The monoisotopic (exact) mass is 295 g/mol. The highest BCUT2D eigenvalue weighted by atomic mass is 32.1. The van der Waals surface area contributed by atoms with Crippen molar-refractivity contribution >= 4 is 23.2 Å². The van der Waals surface area contributed by atoms with Crippen LogP contribution in [-0.4, -0.2) is 34.3 Å². The topological polar surface area (TPSA) is 62.3 Å². The first-order chi connectivity index (χ1) is 9.61. The number of hydrogen-bond donors (Lipinski definition) is 1. The standard InChI is InChI=1S/C14H21N3O2S/c1-3-11-8-15-13(20-11)9-16-14(19)12-6-4-5-7-17(12)10(2)18/h8,12H,3-7,9H2,1-2H3,(H,16,19). The van der Waals surface area contributed by atoms with Gasteiger partial charge < -0.3 is 10.2 Å². The van der Waals surface area contributed by atoms with Crippen LogP contribution < -0.4 is 5.32 Å². The number of piperidine rings is 1. The van der Waals surface area contributed by atoms with Crippen molar-refractivity contribution in [1.82, 2.24) is 15.2 Å². The number of thiazole rings is 1. The van der Waals surface area contributed by atoms with Crippen molar-refractivity contribution in [2.75, 3.05) is 6.54 Å². The van der Waals surface area contributed by atoms with Gasteiger partial charge in [-0.2, -0.15) is 0 Å². The number of nitrogens with zero attached hydrogens (tertiary/aromatic N) is 2. The first-order valence-corrected chi connectivity index (χ1v) is 7.92. The van der Waals surface area contributed by atoms with E-state index in [1.807, 2.05) is 6.20 Å². The lowest BCUT2D eigenvalue weighted by Gasteiger charge is -2.33. The molecule has 20 heavy (non-hydrogen) atoms. The Kier molecular flexibility index (Phi) is 5.11. The SMILES string of the molecule is CCc1cnc(CNC(=O)C2CCCCN2C(C)=O)s1. The largest absolute Gasteiger partial charge is 0.348 e. The van der Waals surface area contributed by atoms with E-state index in [-0.39, 0.29) is 17.9 Å². The van der Waals surface area contributed by atoms with E-state index in [1.54, 1.807) is 16.2 Å². The minimum Gasteiger partial charge on any atom is -0.348 e. The number of likely N-dealkylation sites (tertiary alicyclic amines) is 1. The quantitative estimate of drug-likeness (QED) is 0.920. The zero-order valence-corrected chi connectivity index (χ0v) is 12.8. The smallest absolute Gasteiger partial charge is 0.243 e. The molecule has 1 aliphatic heterocycles. The highest BCUT2D eigenvalue weighted by Gasteiger charge is 2.30. The number of hydrogen-bond acceptors (Lipinski definition) is 4. The lowest BCUT2D eigenvalue weighted by Crippen LogP contribution is -2.51. The van der Waals surface area contributed by atoms with Gasteiger partial charge in [0.1, 0.15) is 11.0 Å².